The lowest BCUT2D eigenvalue weighted by Gasteiger charge is -2.38. The maximum atomic E-state index is 13.3. The number of aryl methyl sites for hydroxylation is 1. The highest BCUT2D eigenvalue weighted by Gasteiger charge is 2.44. The number of carbonyl (C=O) groups is 1. The number of fused-ring (bicyclic) bond motifs is 2. The van der Waals surface area contributed by atoms with E-state index in [9.17, 15) is 4.79 Å². The van der Waals surface area contributed by atoms with Crippen molar-refractivity contribution >= 4 is 17.2 Å². The molecule has 3 aromatic rings. The van der Waals surface area contributed by atoms with Crippen molar-refractivity contribution < 1.29 is 4.79 Å². The van der Waals surface area contributed by atoms with Gasteiger partial charge in [0.2, 0.25) is 0 Å². The second-order valence-corrected chi connectivity index (χ2v) is 8.08. The normalized spacial score (nSPS) is 25.0. The second-order valence-electron chi connectivity index (χ2n) is 7.10. The standard InChI is InChI=1S/C18H20N6OS/c1-12-16(26-18(21-12)22-6-2-3-7-22)17(25)24-13-4-5-14(24)9-15(8-13)23-11-19-10-20-23/h2-3,6-7,10-11,13-15H,4-5,8-9H2,1H3. The molecule has 2 unspecified atom stereocenters. The van der Waals surface area contributed by atoms with Gasteiger partial charge in [-0.05, 0) is 44.7 Å². The third-order valence-corrected chi connectivity index (χ3v) is 6.72. The molecule has 0 aliphatic carbocycles. The first-order valence-corrected chi connectivity index (χ1v) is 9.80. The molecule has 5 heterocycles. The molecule has 5 rings (SSSR count). The van der Waals surface area contributed by atoms with Crippen LogP contribution < -0.4 is 0 Å². The molecular formula is C18H20N6OS. The maximum absolute atomic E-state index is 13.3. The van der Waals surface area contributed by atoms with Crippen molar-refractivity contribution in [2.24, 2.45) is 0 Å². The summed E-state index contributed by atoms with van der Waals surface area (Å²) in [6, 6.07) is 4.84. The lowest BCUT2D eigenvalue weighted by Crippen LogP contribution is -2.47. The Bertz CT molecular complexity index is 902. The molecule has 134 valence electrons. The Morgan fingerprint density at radius 2 is 1.88 bits per heavy atom. The Hall–Kier alpha value is -2.48. The highest BCUT2D eigenvalue weighted by Crippen LogP contribution is 2.42. The van der Waals surface area contributed by atoms with Crippen LogP contribution in [0.2, 0.25) is 0 Å². The summed E-state index contributed by atoms with van der Waals surface area (Å²) < 4.78 is 3.91. The minimum atomic E-state index is 0.142. The molecular weight excluding hydrogens is 348 g/mol. The number of hydrogen-bond acceptors (Lipinski definition) is 5. The van der Waals surface area contributed by atoms with Gasteiger partial charge in [-0.1, -0.05) is 11.3 Å². The Morgan fingerprint density at radius 1 is 1.15 bits per heavy atom. The first kappa shape index (κ1) is 15.7. The van der Waals surface area contributed by atoms with Crippen LogP contribution in [0.5, 0.6) is 0 Å². The summed E-state index contributed by atoms with van der Waals surface area (Å²) in [5.41, 5.74) is 0.821. The molecule has 0 saturated carbocycles. The Labute approximate surface area is 155 Å². The van der Waals surface area contributed by atoms with Gasteiger partial charge in [0.1, 0.15) is 17.5 Å². The molecule has 2 bridgehead atoms. The van der Waals surface area contributed by atoms with Crippen LogP contribution in [0.1, 0.15) is 47.1 Å². The van der Waals surface area contributed by atoms with E-state index < -0.39 is 0 Å². The van der Waals surface area contributed by atoms with Crippen molar-refractivity contribution in [1.29, 1.82) is 0 Å². The van der Waals surface area contributed by atoms with Crippen molar-refractivity contribution in [3.63, 3.8) is 0 Å². The number of thiazole rings is 1. The van der Waals surface area contributed by atoms with Crippen LogP contribution in [0.15, 0.2) is 37.2 Å². The van der Waals surface area contributed by atoms with Gasteiger partial charge in [-0.25, -0.2) is 14.6 Å². The predicted molar refractivity (Wildman–Crippen MR) is 97.5 cm³/mol. The highest BCUT2D eigenvalue weighted by atomic mass is 32.1. The van der Waals surface area contributed by atoms with E-state index in [2.05, 4.69) is 20.0 Å². The quantitative estimate of drug-likeness (QED) is 0.713. The molecule has 26 heavy (non-hydrogen) atoms. The molecule has 0 radical (unpaired) electrons. The van der Waals surface area contributed by atoms with Gasteiger partial charge >= 0.3 is 0 Å². The molecule has 0 spiro atoms. The highest BCUT2D eigenvalue weighted by molar-refractivity contribution is 7.16. The topological polar surface area (TPSA) is 68.8 Å². The largest absolute Gasteiger partial charge is 0.332 e. The Morgan fingerprint density at radius 3 is 2.54 bits per heavy atom. The molecule has 2 aliphatic heterocycles. The molecule has 0 N–H and O–H groups in total. The third kappa shape index (κ3) is 2.47. The van der Waals surface area contributed by atoms with Crippen LogP contribution in [0.4, 0.5) is 0 Å². The first-order valence-electron chi connectivity index (χ1n) is 8.98. The van der Waals surface area contributed by atoms with Gasteiger partial charge in [-0.15, -0.1) is 0 Å². The van der Waals surface area contributed by atoms with Crippen molar-refractivity contribution in [2.45, 2.75) is 50.7 Å². The van der Waals surface area contributed by atoms with E-state index in [1.165, 1.54) is 11.3 Å². The van der Waals surface area contributed by atoms with Gasteiger partial charge in [-0.3, -0.25) is 4.79 Å². The van der Waals surface area contributed by atoms with Crippen LogP contribution >= 0.6 is 11.3 Å². The van der Waals surface area contributed by atoms with E-state index in [-0.39, 0.29) is 18.0 Å². The van der Waals surface area contributed by atoms with Crippen LogP contribution in [-0.2, 0) is 0 Å². The zero-order valence-corrected chi connectivity index (χ0v) is 15.3. The van der Waals surface area contributed by atoms with Gasteiger partial charge in [0, 0.05) is 24.5 Å². The summed E-state index contributed by atoms with van der Waals surface area (Å²) in [7, 11) is 0. The molecule has 8 heteroatoms. The molecule has 3 aromatic heterocycles. The minimum Gasteiger partial charge on any atom is -0.332 e. The van der Waals surface area contributed by atoms with E-state index in [1.807, 2.05) is 40.7 Å². The van der Waals surface area contributed by atoms with Gasteiger partial charge in [0.25, 0.3) is 5.91 Å². The summed E-state index contributed by atoms with van der Waals surface area (Å²) >= 11 is 1.48. The molecule has 2 fully saturated rings. The zero-order chi connectivity index (χ0) is 17.7. The predicted octanol–water partition coefficient (Wildman–Crippen LogP) is 2.84. The van der Waals surface area contributed by atoms with Gasteiger partial charge in [0.05, 0.1) is 11.7 Å². The number of nitrogens with zero attached hydrogens (tertiary/aromatic N) is 6. The van der Waals surface area contributed by atoms with Crippen molar-refractivity contribution in [1.82, 2.24) is 29.2 Å². The summed E-state index contributed by atoms with van der Waals surface area (Å²) in [4.78, 5) is 24.9. The molecule has 0 aromatic carbocycles. The summed E-state index contributed by atoms with van der Waals surface area (Å²) in [5, 5.41) is 5.15. The van der Waals surface area contributed by atoms with Crippen LogP contribution in [0.3, 0.4) is 0 Å². The van der Waals surface area contributed by atoms with Crippen LogP contribution in [0.25, 0.3) is 5.13 Å². The number of amides is 1. The van der Waals surface area contributed by atoms with Crippen LogP contribution in [-0.4, -0.2) is 47.2 Å². The first-order chi connectivity index (χ1) is 12.7. The number of piperidine rings is 1. The number of carbonyl (C=O) groups excluding carboxylic acids is 1. The fourth-order valence-electron chi connectivity index (χ4n) is 4.37. The Kier molecular flexibility index (Phi) is 3.66. The Balaban J connectivity index is 1.40. The second kappa shape index (κ2) is 6.05. The lowest BCUT2D eigenvalue weighted by molar-refractivity contribution is 0.0528. The SMILES string of the molecule is Cc1nc(-n2cccc2)sc1C(=O)N1C2CCC1CC(n1cncn1)C2. The molecule has 2 atom stereocenters. The van der Waals surface area contributed by atoms with Crippen molar-refractivity contribution in [3.8, 4) is 5.13 Å². The summed E-state index contributed by atoms with van der Waals surface area (Å²) in [6.07, 6.45) is 11.3. The van der Waals surface area contributed by atoms with Gasteiger partial charge in [0.15, 0.2) is 5.13 Å². The zero-order valence-electron chi connectivity index (χ0n) is 14.5. The van der Waals surface area contributed by atoms with E-state index in [4.69, 9.17) is 0 Å². The van der Waals surface area contributed by atoms with Gasteiger partial charge in [-0.2, -0.15) is 5.10 Å². The number of aromatic nitrogens is 5. The van der Waals surface area contributed by atoms with Crippen molar-refractivity contribution in [3.05, 3.63) is 47.8 Å². The molecule has 2 saturated heterocycles. The fraction of sp³-hybridized carbons (Fsp3) is 0.444. The smallest absolute Gasteiger partial charge is 0.266 e. The van der Waals surface area contributed by atoms with Gasteiger partial charge < -0.3 is 9.47 Å². The summed E-state index contributed by atoms with van der Waals surface area (Å²) in [6.45, 7) is 1.93. The lowest BCUT2D eigenvalue weighted by atomic mass is 9.97. The van der Waals surface area contributed by atoms with E-state index >= 15 is 0 Å². The van der Waals surface area contributed by atoms with E-state index in [0.29, 0.717) is 6.04 Å². The molecule has 1 amide bonds. The average Bonchev–Trinajstić information content (AvgIpc) is 3.41. The summed E-state index contributed by atoms with van der Waals surface area (Å²) in [5.74, 6) is 0.142. The van der Waals surface area contributed by atoms with Crippen LogP contribution in [0, 0.1) is 6.92 Å². The third-order valence-electron chi connectivity index (χ3n) is 5.56. The monoisotopic (exact) mass is 368 g/mol. The maximum Gasteiger partial charge on any atom is 0.266 e. The molecule has 2 aliphatic rings. The molecule has 7 nitrogen and oxygen atoms in total. The number of hydrogen-bond donors (Lipinski definition) is 0. The van der Waals surface area contributed by atoms with E-state index in [0.717, 1.165) is 41.4 Å². The average molecular weight is 368 g/mol. The fourth-order valence-corrected chi connectivity index (χ4v) is 5.35. The number of rotatable bonds is 3. The minimum absolute atomic E-state index is 0.142. The van der Waals surface area contributed by atoms with E-state index in [1.54, 1.807) is 12.7 Å². The van der Waals surface area contributed by atoms with Crippen molar-refractivity contribution in [2.75, 3.05) is 0 Å².